The van der Waals surface area contributed by atoms with Crippen LogP contribution in [0.1, 0.15) is 31.7 Å². The van der Waals surface area contributed by atoms with Gasteiger partial charge in [0.1, 0.15) is 11.6 Å². The summed E-state index contributed by atoms with van der Waals surface area (Å²) in [4.78, 5) is 6.55. The number of nitrogens with zero attached hydrogens (tertiary/aromatic N) is 2. The molecule has 5 heteroatoms. The Morgan fingerprint density at radius 1 is 1.50 bits per heavy atom. The second kappa shape index (κ2) is 6.06. The standard InChI is InChI=1S/C15H22FN3O/c1-2-14-10-19(5-6-20-14)15-11(7-12(16)9-18-15)8-17-13-3-4-13/h7,9,13-14,17H,2-6,8,10H2,1H3. The van der Waals surface area contributed by atoms with E-state index in [9.17, 15) is 4.39 Å². The number of halogens is 1. The molecule has 0 amide bonds. The molecule has 1 aromatic heterocycles. The smallest absolute Gasteiger partial charge is 0.141 e. The van der Waals surface area contributed by atoms with E-state index in [1.807, 2.05) is 0 Å². The molecule has 1 N–H and O–H groups in total. The Bertz CT molecular complexity index is 464. The maximum Gasteiger partial charge on any atom is 0.141 e. The van der Waals surface area contributed by atoms with E-state index < -0.39 is 0 Å². The molecule has 110 valence electrons. The molecule has 0 radical (unpaired) electrons. The van der Waals surface area contributed by atoms with E-state index in [1.165, 1.54) is 19.0 Å². The van der Waals surface area contributed by atoms with Crippen LogP contribution in [0.25, 0.3) is 0 Å². The van der Waals surface area contributed by atoms with Crippen molar-refractivity contribution in [2.75, 3.05) is 24.6 Å². The number of nitrogens with one attached hydrogen (secondary N) is 1. The number of hydrogen-bond donors (Lipinski definition) is 1. The quantitative estimate of drug-likeness (QED) is 0.895. The Morgan fingerprint density at radius 2 is 2.35 bits per heavy atom. The summed E-state index contributed by atoms with van der Waals surface area (Å²) in [5.41, 5.74) is 0.952. The predicted octanol–water partition coefficient (Wildman–Crippen LogP) is 2.09. The Morgan fingerprint density at radius 3 is 3.10 bits per heavy atom. The molecule has 1 unspecified atom stereocenters. The van der Waals surface area contributed by atoms with Crippen LogP contribution in [0.15, 0.2) is 12.3 Å². The van der Waals surface area contributed by atoms with E-state index in [1.54, 1.807) is 6.07 Å². The highest BCUT2D eigenvalue weighted by atomic mass is 19.1. The molecular weight excluding hydrogens is 257 g/mol. The van der Waals surface area contributed by atoms with E-state index in [2.05, 4.69) is 22.1 Å². The summed E-state index contributed by atoms with van der Waals surface area (Å²) in [6.45, 7) is 5.20. The van der Waals surface area contributed by atoms with Gasteiger partial charge in [-0.25, -0.2) is 9.37 Å². The number of morpholine rings is 1. The molecule has 3 rings (SSSR count). The van der Waals surface area contributed by atoms with Gasteiger partial charge >= 0.3 is 0 Å². The lowest BCUT2D eigenvalue weighted by atomic mass is 10.2. The van der Waals surface area contributed by atoms with Crippen LogP contribution in [0.3, 0.4) is 0 Å². The Kier molecular flexibility index (Phi) is 4.17. The highest BCUT2D eigenvalue weighted by molar-refractivity contribution is 5.47. The number of pyridine rings is 1. The highest BCUT2D eigenvalue weighted by Gasteiger charge is 2.24. The zero-order valence-electron chi connectivity index (χ0n) is 11.9. The fraction of sp³-hybridized carbons (Fsp3) is 0.667. The van der Waals surface area contributed by atoms with E-state index in [0.717, 1.165) is 30.9 Å². The van der Waals surface area contributed by atoms with E-state index >= 15 is 0 Å². The first kappa shape index (κ1) is 13.8. The van der Waals surface area contributed by atoms with Crippen molar-refractivity contribution in [1.82, 2.24) is 10.3 Å². The third-order valence-corrected chi connectivity index (χ3v) is 3.96. The maximum absolute atomic E-state index is 13.5. The van der Waals surface area contributed by atoms with Crippen molar-refractivity contribution in [2.24, 2.45) is 0 Å². The minimum atomic E-state index is -0.262. The topological polar surface area (TPSA) is 37.4 Å². The number of ether oxygens (including phenoxy) is 1. The van der Waals surface area contributed by atoms with Gasteiger partial charge in [-0.05, 0) is 25.3 Å². The molecule has 1 aliphatic carbocycles. The minimum absolute atomic E-state index is 0.250. The van der Waals surface area contributed by atoms with Crippen LogP contribution in [-0.4, -0.2) is 36.8 Å². The van der Waals surface area contributed by atoms with Crippen molar-refractivity contribution >= 4 is 5.82 Å². The molecule has 1 atom stereocenters. The van der Waals surface area contributed by atoms with Crippen LogP contribution in [0.5, 0.6) is 0 Å². The Labute approximate surface area is 119 Å². The normalized spacial score (nSPS) is 23.1. The SMILES string of the molecule is CCC1CN(c2ncc(F)cc2CNC2CC2)CCO1. The van der Waals surface area contributed by atoms with Gasteiger partial charge in [0.15, 0.2) is 0 Å². The summed E-state index contributed by atoms with van der Waals surface area (Å²) in [6.07, 6.45) is 5.01. The van der Waals surface area contributed by atoms with Crippen LogP contribution >= 0.6 is 0 Å². The fourth-order valence-electron chi connectivity index (χ4n) is 2.59. The van der Waals surface area contributed by atoms with Crippen LogP contribution in [0, 0.1) is 5.82 Å². The largest absolute Gasteiger partial charge is 0.375 e. The lowest BCUT2D eigenvalue weighted by molar-refractivity contribution is 0.0381. The van der Waals surface area contributed by atoms with E-state index in [4.69, 9.17) is 4.74 Å². The molecule has 2 aliphatic rings. The van der Waals surface area contributed by atoms with Crippen LogP contribution in [-0.2, 0) is 11.3 Å². The first-order valence-corrected chi connectivity index (χ1v) is 7.50. The zero-order valence-corrected chi connectivity index (χ0v) is 11.9. The molecule has 0 spiro atoms. The van der Waals surface area contributed by atoms with Gasteiger partial charge in [0, 0.05) is 31.2 Å². The highest BCUT2D eigenvalue weighted by Crippen LogP contribution is 2.24. The van der Waals surface area contributed by atoms with Crippen LogP contribution in [0.4, 0.5) is 10.2 Å². The average molecular weight is 279 g/mol. The first-order chi connectivity index (χ1) is 9.76. The van der Waals surface area contributed by atoms with Gasteiger partial charge in [0.2, 0.25) is 0 Å². The second-order valence-electron chi connectivity index (χ2n) is 5.64. The van der Waals surface area contributed by atoms with Crippen molar-refractivity contribution in [3.8, 4) is 0 Å². The molecule has 1 aliphatic heterocycles. The van der Waals surface area contributed by atoms with Gasteiger partial charge in [0.05, 0.1) is 18.9 Å². The molecular formula is C15H22FN3O. The number of rotatable bonds is 5. The van der Waals surface area contributed by atoms with E-state index in [-0.39, 0.29) is 11.9 Å². The fourth-order valence-corrected chi connectivity index (χ4v) is 2.59. The monoisotopic (exact) mass is 279 g/mol. The third-order valence-electron chi connectivity index (χ3n) is 3.96. The van der Waals surface area contributed by atoms with Crippen molar-refractivity contribution in [3.05, 3.63) is 23.6 Å². The first-order valence-electron chi connectivity index (χ1n) is 7.50. The lowest BCUT2D eigenvalue weighted by Gasteiger charge is -2.34. The van der Waals surface area contributed by atoms with Gasteiger partial charge in [-0.15, -0.1) is 0 Å². The van der Waals surface area contributed by atoms with Crippen molar-refractivity contribution < 1.29 is 9.13 Å². The zero-order chi connectivity index (χ0) is 13.9. The predicted molar refractivity (Wildman–Crippen MR) is 76.3 cm³/mol. The summed E-state index contributed by atoms with van der Waals surface area (Å²) >= 11 is 0. The van der Waals surface area contributed by atoms with Gasteiger partial charge in [-0.3, -0.25) is 0 Å². The molecule has 0 bridgehead atoms. The Balaban J connectivity index is 1.75. The molecule has 2 fully saturated rings. The minimum Gasteiger partial charge on any atom is -0.375 e. The maximum atomic E-state index is 13.5. The number of aromatic nitrogens is 1. The van der Waals surface area contributed by atoms with Crippen molar-refractivity contribution in [1.29, 1.82) is 0 Å². The molecule has 4 nitrogen and oxygen atoms in total. The summed E-state index contributed by atoms with van der Waals surface area (Å²) in [5.74, 6) is 0.642. The summed E-state index contributed by atoms with van der Waals surface area (Å²) in [7, 11) is 0. The van der Waals surface area contributed by atoms with Gasteiger partial charge < -0.3 is 15.0 Å². The van der Waals surface area contributed by atoms with E-state index in [0.29, 0.717) is 19.2 Å². The van der Waals surface area contributed by atoms with Gasteiger partial charge in [0.25, 0.3) is 0 Å². The van der Waals surface area contributed by atoms with Crippen molar-refractivity contribution in [3.63, 3.8) is 0 Å². The van der Waals surface area contributed by atoms with Crippen LogP contribution < -0.4 is 10.2 Å². The van der Waals surface area contributed by atoms with Crippen LogP contribution in [0.2, 0.25) is 0 Å². The van der Waals surface area contributed by atoms with Gasteiger partial charge in [-0.1, -0.05) is 6.92 Å². The summed E-state index contributed by atoms with van der Waals surface area (Å²) < 4.78 is 19.2. The average Bonchev–Trinajstić information content (AvgIpc) is 3.29. The molecule has 20 heavy (non-hydrogen) atoms. The Hall–Kier alpha value is -1.20. The molecule has 2 heterocycles. The number of anilines is 1. The number of hydrogen-bond acceptors (Lipinski definition) is 4. The molecule has 1 saturated carbocycles. The van der Waals surface area contributed by atoms with Gasteiger partial charge in [-0.2, -0.15) is 0 Å². The molecule has 1 aromatic rings. The third kappa shape index (κ3) is 3.27. The van der Waals surface area contributed by atoms with Crippen molar-refractivity contribution in [2.45, 2.75) is 44.9 Å². The molecule has 0 aromatic carbocycles. The second-order valence-corrected chi connectivity index (χ2v) is 5.64. The lowest BCUT2D eigenvalue weighted by Crippen LogP contribution is -2.43. The summed E-state index contributed by atoms with van der Waals surface area (Å²) in [6, 6.07) is 2.22. The molecule has 1 saturated heterocycles. The summed E-state index contributed by atoms with van der Waals surface area (Å²) in [5, 5.41) is 3.44.